The predicted molar refractivity (Wildman–Crippen MR) is 74.5 cm³/mol. The van der Waals surface area contributed by atoms with Crippen molar-refractivity contribution in [1.82, 2.24) is 25.0 Å². The number of piperazine rings is 1. The topological polar surface area (TPSA) is 74.3 Å². The quantitative estimate of drug-likeness (QED) is 0.893. The molecule has 1 aliphatic heterocycles. The highest BCUT2D eigenvalue weighted by Crippen LogP contribution is 2.25. The summed E-state index contributed by atoms with van der Waals surface area (Å²) in [5.74, 6) is -1.01. The highest BCUT2D eigenvalue weighted by molar-refractivity contribution is 5.68. The Labute approximate surface area is 131 Å². The number of nitrogens with one attached hydrogen (secondary N) is 1. The van der Waals surface area contributed by atoms with Gasteiger partial charge in [0.25, 0.3) is 5.82 Å². The number of aromatic nitrogens is 3. The van der Waals surface area contributed by atoms with Crippen molar-refractivity contribution in [3.8, 4) is 0 Å². The molecule has 1 saturated heterocycles. The van der Waals surface area contributed by atoms with Crippen molar-refractivity contribution in [2.75, 3.05) is 26.2 Å². The van der Waals surface area contributed by atoms with Gasteiger partial charge in [0.05, 0.1) is 6.54 Å². The van der Waals surface area contributed by atoms with Crippen LogP contribution in [0, 0.1) is 0 Å². The lowest BCUT2D eigenvalue weighted by Crippen LogP contribution is -2.49. The largest absolute Gasteiger partial charge is 0.453 e. The fourth-order valence-electron chi connectivity index (χ4n) is 2.12. The summed E-state index contributed by atoms with van der Waals surface area (Å²) in [6.07, 6.45) is -4.93. The van der Waals surface area contributed by atoms with Gasteiger partial charge in [0.15, 0.2) is 0 Å². The second kappa shape index (κ2) is 6.34. The summed E-state index contributed by atoms with van der Waals surface area (Å²) in [4.78, 5) is 18.9. The molecule has 1 amide bonds. The summed E-state index contributed by atoms with van der Waals surface area (Å²) in [5, 5.41) is 5.46. The minimum atomic E-state index is -4.55. The van der Waals surface area contributed by atoms with Gasteiger partial charge in [-0.2, -0.15) is 13.2 Å². The summed E-state index contributed by atoms with van der Waals surface area (Å²) in [7, 11) is 0. The Morgan fingerprint density at radius 1 is 1.22 bits per heavy atom. The molecule has 7 nitrogen and oxygen atoms in total. The van der Waals surface area contributed by atoms with Crippen LogP contribution in [0.4, 0.5) is 18.0 Å². The average Bonchev–Trinajstić information content (AvgIpc) is 2.86. The first kappa shape index (κ1) is 17.5. The molecule has 2 rings (SSSR count). The average molecular weight is 335 g/mol. The van der Waals surface area contributed by atoms with Crippen LogP contribution in [0.1, 0.15) is 32.4 Å². The lowest BCUT2D eigenvalue weighted by atomic mass is 10.2. The zero-order chi connectivity index (χ0) is 17.3. The van der Waals surface area contributed by atoms with Crippen LogP contribution in [-0.2, 0) is 17.5 Å². The van der Waals surface area contributed by atoms with Gasteiger partial charge in [-0.05, 0) is 20.8 Å². The van der Waals surface area contributed by atoms with Crippen LogP contribution in [0.25, 0.3) is 0 Å². The van der Waals surface area contributed by atoms with Crippen LogP contribution in [-0.4, -0.2) is 62.9 Å². The molecule has 0 unspecified atom stereocenters. The molecule has 0 aromatic carbocycles. The van der Waals surface area contributed by atoms with Crippen LogP contribution in [0.2, 0.25) is 0 Å². The smallest absolute Gasteiger partial charge is 0.444 e. The van der Waals surface area contributed by atoms with Gasteiger partial charge in [0, 0.05) is 26.2 Å². The molecule has 10 heteroatoms. The number of carbonyl (C=O) groups is 1. The van der Waals surface area contributed by atoms with Crippen LogP contribution in [0.15, 0.2) is 0 Å². The van der Waals surface area contributed by atoms with Gasteiger partial charge in [-0.25, -0.2) is 9.78 Å². The van der Waals surface area contributed by atoms with E-state index in [1.165, 1.54) is 0 Å². The van der Waals surface area contributed by atoms with E-state index in [2.05, 4.69) is 15.2 Å². The Bertz CT molecular complexity index is 545. The standard InChI is InChI=1S/C13H20F3N5O2/c1-12(2,3)23-11(22)21-6-4-20(5-7-21)8-9-17-10(19-18-9)13(14,15)16/h4-8H2,1-3H3,(H,17,18,19). The first-order valence-corrected chi connectivity index (χ1v) is 7.23. The number of carbonyl (C=O) groups excluding carboxylic acids is 1. The van der Waals surface area contributed by atoms with E-state index in [1.807, 2.05) is 4.90 Å². The Balaban J connectivity index is 1.83. The van der Waals surface area contributed by atoms with Crippen molar-refractivity contribution < 1.29 is 22.7 Å². The maximum atomic E-state index is 12.4. The number of halogens is 3. The Hall–Kier alpha value is -1.84. The third-order valence-corrected chi connectivity index (χ3v) is 3.18. The molecular weight excluding hydrogens is 315 g/mol. The van der Waals surface area contributed by atoms with Crippen LogP contribution in [0.3, 0.4) is 0 Å². The normalized spacial score (nSPS) is 17.4. The van der Waals surface area contributed by atoms with Gasteiger partial charge in [0.1, 0.15) is 11.4 Å². The van der Waals surface area contributed by atoms with E-state index in [-0.39, 0.29) is 18.5 Å². The van der Waals surface area contributed by atoms with E-state index < -0.39 is 17.6 Å². The number of ether oxygens (including phenoxy) is 1. The van der Waals surface area contributed by atoms with Crippen molar-refractivity contribution in [3.63, 3.8) is 0 Å². The van der Waals surface area contributed by atoms with Gasteiger partial charge in [-0.1, -0.05) is 0 Å². The van der Waals surface area contributed by atoms with E-state index >= 15 is 0 Å². The first-order valence-electron chi connectivity index (χ1n) is 7.23. The number of hydrogen-bond acceptors (Lipinski definition) is 5. The molecule has 2 heterocycles. The van der Waals surface area contributed by atoms with Gasteiger partial charge >= 0.3 is 12.3 Å². The van der Waals surface area contributed by atoms with Gasteiger partial charge in [0.2, 0.25) is 0 Å². The van der Waals surface area contributed by atoms with Gasteiger partial charge in [-0.3, -0.25) is 10.00 Å². The molecule has 0 radical (unpaired) electrons. The highest BCUT2D eigenvalue weighted by atomic mass is 19.4. The van der Waals surface area contributed by atoms with E-state index in [4.69, 9.17) is 4.74 Å². The molecule has 1 N–H and O–H groups in total. The second-order valence-corrected chi connectivity index (χ2v) is 6.35. The maximum absolute atomic E-state index is 12.4. The van der Waals surface area contributed by atoms with E-state index in [0.29, 0.717) is 26.2 Å². The number of H-pyrrole nitrogens is 1. The van der Waals surface area contributed by atoms with Gasteiger partial charge < -0.3 is 9.64 Å². The van der Waals surface area contributed by atoms with Crippen molar-refractivity contribution in [1.29, 1.82) is 0 Å². The highest BCUT2D eigenvalue weighted by Gasteiger charge is 2.36. The fourth-order valence-corrected chi connectivity index (χ4v) is 2.12. The molecule has 1 aromatic rings. The zero-order valence-corrected chi connectivity index (χ0v) is 13.3. The number of hydrogen-bond donors (Lipinski definition) is 1. The zero-order valence-electron chi connectivity index (χ0n) is 13.3. The molecule has 1 aliphatic rings. The number of nitrogens with zero attached hydrogens (tertiary/aromatic N) is 4. The SMILES string of the molecule is CC(C)(C)OC(=O)N1CCN(Cc2nc(C(F)(F)F)n[nH]2)CC1. The van der Waals surface area contributed by atoms with Crippen molar-refractivity contribution in [3.05, 3.63) is 11.6 Å². The van der Waals surface area contributed by atoms with Crippen LogP contribution >= 0.6 is 0 Å². The number of rotatable bonds is 2. The Kier molecular flexibility index (Phi) is 4.83. The third-order valence-electron chi connectivity index (χ3n) is 3.18. The van der Waals surface area contributed by atoms with E-state index in [0.717, 1.165) is 0 Å². The van der Waals surface area contributed by atoms with Crippen LogP contribution < -0.4 is 0 Å². The summed E-state index contributed by atoms with van der Waals surface area (Å²) in [6.45, 7) is 7.58. The molecule has 0 bridgehead atoms. The maximum Gasteiger partial charge on any atom is 0.453 e. The summed E-state index contributed by atoms with van der Waals surface area (Å²) < 4.78 is 42.6. The molecule has 23 heavy (non-hydrogen) atoms. The fraction of sp³-hybridized carbons (Fsp3) is 0.769. The monoisotopic (exact) mass is 335 g/mol. The van der Waals surface area contributed by atoms with Crippen molar-refractivity contribution >= 4 is 6.09 Å². The molecule has 0 spiro atoms. The first-order chi connectivity index (χ1) is 10.5. The van der Waals surface area contributed by atoms with Crippen LogP contribution in [0.5, 0.6) is 0 Å². The number of alkyl halides is 3. The Morgan fingerprint density at radius 2 is 1.83 bits per heavy atom. The summed E-state index contributed by atoms with van der Waals surface area (Å²) >= 11 is 0. The Morgan fingerprint density at radius 3 is 2.30 bits per heavy atom. The lowest BCUT2D eigenvalue weighted by molar-refractivity contribution is -0.144. The van der Waals surface area contributed by atoms with Gasteiger partial charge in [-0.15, -0.1) is 5.10 Å². The molecule has 0 aliphatic carbocycles. The van der Waals surface area contributed by atoms with E-state index in [1.54, 1.807) is 25.7 Å². The summed E-state index contributed by atoms with van der Waals surface area (Å²) in [5.41, 5.74) is -0.554. The number of amides is 1. The van der Waals surface area contributed by atoms with E-state index in [9.17, 15) is 18.0 Å². The summed E-state index contributed by atoms with van der Waals surface area (Å²) in [6, 6.07) is 0. The lowest BCUT2D eigenvalue weighted by Gasteiger charge is -2.35. The third kappa shape index (κ3) is 5.08. The second-order valence-electron chi connectivity index (χ2n) is 6.35. The molecular formula is C13H20F3N5O2. The van der Waals surface area contributed by atoms with Crippen molar-refractivity contribution in [2.45, 2.75) is 39.1 Å². The minimum Gasteiger partial charge on any atom is -0.444 e. The molecule has 0 saturated carbocycles. The molecule has 1 fully saturated rings. The molecule has 1 aromatic heterocycles. The molecule has 0 atom stereocenters. The predicted octanol–water partition coefficient (Wildman–Crippen LogP) is 1.88. The minimum absolute atomic E-state index is 0.156. The number of aromatic amines is 1. The molecule has 130 valence electrons. The van der Waals surface area contributed by atoms with Crippen molar-refractivity contribution in [2.24, 2.45) is 0 Å².